The molecule has 28 heavy (non-hydrogen) atoms. The van der Waals surface area contributed by atoms with E-state index >= 15 is 0 Å². The molecule has 1 aromatic rings. The van der Waals surface area contributed by atoms with Gasteiger partial charge in [0.15, 0.2) is 5.96 Å². The maximum Gasteiger partial charge on any atom is 0.407 e. The Morgan fingerprint density at radius 1 is 1.18 bits per heavy atom. The Balaban J connectivity index is 1.75. The number of guanidine groups is 1. The number of carbonyl (C=O) groups is 1. The topological polar surface area (TPSA) is 95.0 Å². The zero-order chi connectivity index (χ0) is 20.4. The highest BCUT2D eigenvalue weighted by Gasteiger charge is 2.21. The molecule has 0 unspecified atom stereocenters. The Hall–Kier alpha value is -2.58. The van der Waals surface area contributed by atoms with Gasteiger partial charge in [-0.1, -0.05) is 0 Å². The zero-order valence-corrected chi connectivity index (χ0v) is 17.4. The lowest BCUT2D eigenvalue weighted by molar-refractivity contribution is 0.0527. The van der Waals surface area contributed by atoms with E-state index in [9.17, 15) is 4.79 Å². The molecule has 0 bridgehead atoms. The molecule has 9 nitrogen and oxygen atoms in total. The second-order valence-corrected chi connectivity index (χ2v) is 7.54. The average molecular weight is 392 g/mol. The van der Waals surface area contributed by atoms with Crippen LogP contribution in [0.2, 0.25) is 0 Å². The Morgan fingerprint density at radius 2 is 1.86 bits per heavy atom. The fourth-order valence-corrected chi connectivity index (χ4v) is 2.77. The second kappa shape index (κ2) is 10.7. The molecule has 1 saturated heterocycles. The molecule has 0 saturated carbocycles. The van der Waals surface area contributed by atoms with Gasteiger partial charge in [-0.3, -0.25) is 4.99 Å². The number of amides is 1. The van der Waals surface area contributed by atoms with E-state index in [2.05, 4.69) is 37.3 Å². The van der Waals surface area contributed by atoms with Crippen LogP contribution in [0.5, 0.6) is 0 Å². The van der Waals surface area contributed by atoms with Gasteiger partial charge in [-0.25, -0.2) is 14.8 Å². The Kier molecular flexibility index (Phi) is 8.28. The first-order chi connectivity index (χ1) is 13.4. The van der Waals surface area contributed by atoms with Gasteiger partial charge in [-0.05, 0) is 40.2 Å². The number of aliphatic imine (C=N–C) groups is 1. The summed E-state index contributed by atoms with van der Waals surface area (Å²) in [5.41, 5.74) is -0.479. The summed E-state index contributed by atoms with van der Waals surface area (Å²) in [5, 5.41) is 6.12. The Bertz CT molecular complexity index is 623. The largest absolute Gasteiger partial charge is 0.444 e. The van der Waals surface area contributed by atoms with Crippen LogP contribution in [0.15, 0.2) is 23.5 Å². The van der Waals surface area contributed by atoms with Crippen LogP contribution in [0.25, 0.3) is 0 Å². The summed E-state index contributed by atoms with van der Waals surface area (Å²) < 4.78 is 5.22. The highest BCUT2D eigenvalue weighted by molar-refractivity contribution is 5.80. The van der Waals surface area contributed by atoms with E-state index in [-0.39, 0.29) is 6.09 Å². The fraction of sp³-hybridized carbons (Fsp3) is 0.684. The minimum absolute atomic E-state index is 0.386. The molecular weight excluding hydrogens is 358 g/mol. The van der Waals surface area contributed by atoms with Gasteiger partial charge in [-0.15, -0.1) is 0 Å². The van der Waals surface area contributed by atoms with Crippen LogP contribution in [0.4, 0.5) is 10.7 Å². The van der Waals surface area contributed by atoms with Crippen molar-refractivity contribution in [3.63, 3.8) is 0 Å². The summed E-state index contributed by atoms with van der Waals surface area (Å²) >= 11 is 0. The molecule has 0 radical (unpaired) electrons. The van der Waals surface area contributed by atoms with Crippen molar-refractivity contribution in [2.75, 3.05) is 50.7 Å². The van der Waals surface area contributed by atoms with Crippen molar-refractivity contribution < 1.29 is 9.53 Å². The molecule has 0 atom stereocenters. The van der Waals surface area contributed by atoms with Gasteiger partial charge in [0.05, 0.1) is 0 Å². The van der Waals surface area contributed by atoms with E-state index in [1.165, 1.54) is 0 Å². The molecule has 156 valence electrons. The van der Waals surface area contributed by atoms with Crippen molar-refractivity contribution in [1.82, 2.24) is 25.5 Å². The third-order valence-corrected chi connectivity index (χ3v) is 4.01. The van der Waals surface area contributed by atoms with Crippen molar-refractivity contribution in [2.24, 2.45) is 4.99 Å². The molecule has 2 rings (SSSR count). The third kappa shape index (κ3) is 7.58. The standard InChI is InChI=1S/C19H33N7O2/c1-5-20-16(21-10-7-11-24-18(27)28-19(2,3)4)25-12-14-26(15-13-25)17-22-8-6-9-23-17/h6,8-9H,5,7,10-15H2,1-4H3,(H,20,21)(H,24,27). The predicted octanol–water partition coefficient (Wildman–Crippen LogP) is 1.48. The number of alkyl carbamates (subject to hydrolysis) is 1. The molecule has 1 fully saturated rings. The van der Waals surface area contributed by atoms with Gasteiger partial charge in [0.1, 0.15) is 5.60 Å². The van der Waals surface area contributed by atoms with Gasteiger partial charge in [0.2, 0.25) is 5.95 Å². The first-order valence-electron chi connectivity index (χ1n) is 9.91. The number of anilines is 1. The first-order valence-corrected chi connectivity index (χ1v) is 9.91. The molecule has 0 aromatic carbocycles. The number of hydrogen-bond donors (Lipinski definition) is 2. The van der Waals surface area contributed by atoms with Crippen LogP contribution >= 0.6 is 0 Å². The Morgan fingerprint density at radius 3 is 2.46 bits per heavy atom. The fourth-order valence-electron chi connectivity index (χ4n) is 2.77. The van der Waals surface area contributed by atoms with Crippen molar-refractivity contribution in [3.8, 4) is 0 Å². The summed E-state index contributed by atoms with van der Waals surface area (Å²) in [6.45, 7) is 13.0. The molecule has 2 N–H and O–H groups in total. The molecule has 0 aliphatic carbocycles. The molecule has 1 aliphatic heterocycles. The summed E-state index contributed by atoms with van der Waals surface area (Å²) in [7, 11) is 0. The molecule has 1 amide bonds. The molecule has 9 heteroatoms. The monoisotopic (exact) mass is 391 g/mol. The highest BCUT2D eigenvalue weighted by Crippen LogP contribution is 2.10. The number of carbonyl (C=O) groups excluding carboxylic acids is 1. The maximum atomic E-state index is 11.6. The van der Waals surface area contributed by atoms with Gasteiger partial charge < -0.3 is 25.2 Å². The summed E-state index contributed by atoms with van der Waals surface area (Å²) in [4.78, 5) is 29.4. The maximum absolute atomic E-state index is 11.6. The van der Waals surface area contributed by atoms with Gasteiger partial charge in [-0.2, -0.15) is 0 Å². The smallest absolute Gasteiger partial charge is 0.407 e. The van der Waals surface area contributed by atoms with E-state index in [0.717, 1.165) is 51.1 Å². The lowest BCUT2D eigenvalue weighted by Gasteiger charge is -2.36. The van der Waals surface area contributed by atoms with E-state index in [4.69, 9.17) is 9.73 Å². The molecular formula is C19H33N7O2. The summed E-state index contributed by atoms with van der Waals surface area (Å²) in [6, 6.07) is 1.83. The number of hydrogen-bond acceptors (Lipinski definition) is 6. The quantitative estimate of drug-likeness (QED) is 0.431. The van der Waals surface area contributed by atoms with E-state index in [1.54, 1.807) is 12.4 Å². The van der Waals surface area contributed by atoms with Crippen LogP contribution in [0, 0.1) is 0 Å². The normalized spacial score (nSPS) is 15.4. The summed E-state index contributed by atoms with van der Waals surface area (Å²) in [6.07, 6.45) is 3.91. The predicted molar refractivity (Wildman–Crippen MR) is 111 cm³/mol. The van der Waals surface area contributed by atoms with Crippen LogP contribution < -0.4 is 15.5 Å². The zero-order valence-electron chi connectivity index (χ0n) is 17.4. The molecule has 0 spiro atoms. The van der Waals surface area contributed by atoms with Crippen molar-refractivity contribution in [2.45, 2.75) is 39.7 Å². The number of nitrogens with zero attached hydrogens (tertiary/aromatic N) is 5. The van der Waals surface area contributed by atoms with Crippen molar-refractivity contribution in [1.29, 1.82) is 0 Å². The molecule has 2 heterocycles. The number of nitrogens with one attached hydrogen (secondary N) is 2. The van der Waals surface area contributed by atoms with E-state index in [0.29, 0.717) is 13.1 Å². The van der Waals surface area contributed by atoms with Crippen LogP contribution in [0.3, 0.4) is 0 Å². The van der Waals surface area contributed by atoms with Gasteiger partial charge in [0.25, 0.3) is 0 Å². The number of ether oxygens (including phenoxy) is 1. The summed E-state index contributed by atoms with van der Waals surface area (Å²) in [5.74, 6) is 1.69. The lowest BCUT2D eigenvalue weighted by Crippen LogP contribution is -2.53. The third-order valence-electron chi connectivity index (χ3n) is 4.01. The minimum Gasteiger partial charge on any atom is -0.444 e. The van der Waals surface area contributed by atoms with E-state index < -0.39 is 5.60 Å². The van der Waals surface area contributed by atoms with Crippen LogP contribution in [-0.2, 0) is 4.74 Å². The lowest BCUT2D eigenvalue weighted by atomic mass is 10.2. The first kappa shape index (κ1) is 21.7. The SMILES string of the molecule is CCNC(=NCCCNC(=O)OC(C)(C)C)N1CCN(c2ncccn2)CC1. The van der Waals surface area contributed by atoms with Crippen LogP contribution in [-0.4, -0.2) is 78.3 Å². The second-order valence-electron chi connectivity index (χ2n) is 7.54. The van der Waals surface area contributed by atoms with E-state index in [1.807, 2.05) is 26.8 Å². The van der Waals surface area contributed by atoms with Crippen molar-refractivity contribution in [3.05, 3.63) is 18.5 Å². The minimum atomic E-state index is -0.479. The number of rotatable bonds is 6. The van der Waals surface area contributed by atoms with Crippen LogP contribution in [0.1, 0.15) is 34.1 Å². The van der Waals surface area contributed by atoms with Crippen molar-refractivity contribution >= 4 is 18.0 Å². The average Bonchev–Trinajstić information content (AvgIpc) is 2.66. The molecule has 1 aromatic heterocycles. The number of piperazine rings is 1. The Labute approximate surface area is 167 Å². The number of aromatic nitrogens is 2. The highest BCUT2D eigenvalue weighted by atomic mass is 16.6. The van der Waals surface area contributed by atoms with Gasteiger partial charge in [0, 0.05) is 58.2 Å². The molecule has 1 aliphatic rings. The van der Waals surface area contributed by atoms with Gasteiger partial charge >= 0.3 is 6.09 Å².